The Morgan fingerprint density at radius 1 is 1.00 bits per heavy atom. The van der Waals surface area contributed by atoms with Gasteiger partial charge in [-0.1, -0.05) is 0 Å². The Balaban J connectivity index is 2.07. The van der Waals surface area contributed by atoms with Crippen molar-refractivity contribution in [1.82, 2.24) is 0 Å². The van der Waals surface area contributed by atoms with Crippen molar-refractivity contribution in [2.24, 2.45) is 16.5 Å². The summed E-state index contributed by atoms with van der Waals surface area (Å²) in [5.74, 6) is 0.0948. The third-order valence-electron chi connectivity index (χ3n) is 3.30. The molecule has 0 aliphatic heterocycles. The van der Waals surface area contributed by atoms with Gasteiger partial charge in [-0.2, -0.15) is 8.78 Å². The number of nitrogens with zero attached hydrogens (tertiary/aromatic N) is 1. The van der Waals surface area contributed by atoms with Crippen LogP contribution in [0.5, 0.6) is 11.5 Å². The number of ether oxygens (including phenoxy) is 2. The zero-order chi connectivity index (χ0) is 20.7. The first kappa shape index (κ1) is 21.0. The van der Waals surface area contributed by atoms with Gasteiger partial charge in [0.05, 0.1) is 6.10 Å². The molecule has 2 aromatic rings. The summed E-state index contributed by atoms with van der Waals surface area (Å²) in [6, 6.07) is 11.3. The lowest BCUT2D eigenvalue weighted by molar-refractivity contribution is -0.0518. The Bertz CT molecular complexity index is 799. The number of hydrogen-bond donors (Lipinski definition) is 5. The number of nitrogens with two attached hydrogens (primary N) is 3. The van der Waals surface area contributed by atoms with E-state index in [1.54, 1.807) is 38.1 Å². The van der Waals surface area contributed by atoms with E-state index in [2.05, 4.69) is 20.4 Å². The molecule has 0 saturated carbocycles. The molecule has 1 unspecified atom stereocenters. The maximum absolute atomic E-state index is 12.5. The number of anilines is 3. The van der Waals surface area contributed by atoms with E-state index in [1.165, 1.54) is 18.2 Å². The highest BCUT2D eigenvalue weighted by molar-refractivity contribution is 5.92. The molecule has 1 atom stereocenters. The predicted octanol–water partition coefficient (Wildman–Crippen LogP) is 2.74. The maximum atomic E-state index is 12.5. The molecule has 0 aromatic heterocycles. The molecule has 10 heteroatoms. The van der Waals surface area contributed by atoms with Crippen LogP contribution >= 0.6 is 0 Å². The van der Waals surface area contributed by atoms with Crippen LogP contribution in [0, 0.1) is 0 Å². The van der Waals surface area contributed by atoms with Gasteiger partial charge in [-0.3, -0.25) is 5.73 Å². The van der Waals surface area contributed by atoms with Crippen LogP contribution in [-0.2, 0) is 0 Å². The zero-order valence-corrected chi connectivity index (χ0v) is 15.5. The predicted molar refractivity (Wildman–Crippen MR) is 107 cm³/mol. The van der Waals surface area contributed by atoms with E-state index in [0.717, 1.165) is 5.69 Å². The van der Waals surface area contributed by atoms with Crippen molar-refractivity contribution >= 4 is 23.0 Å². The van der Waals surface area contributed by atoms with Crippen LogP contribution in [0.25, 0.3) is 0 Å². The van der Waals surface area contributed by atoms with E-state index < -0.39 is 12.9 Å². The Morgan fingerprint density at radius 3 is 2.25 bits per heavy atom. The van der Waals surface area contributed by atoms with Crippen molar-refractivity contribution in [3.63, 3.8) is 0 Å². The maximum Gasteiger partial charge on any atom is 0.387 e. The lowest BCUT2D eigenvalue weighted by Crippen LogP contribution is -2.33. The molecule has 152 valence electrons. The molecule has 8 N–H and O–H groups in total. The van der Waals surface area contributed by atoms with E-state index in [9.17, 15) is 8.78 Å². The van der Waals surface area contributed by atoms with Crippen LogP contribution in [0.15, 0.2) is 47.5 Å². The van der Waals surface area contributed by atoms with Gasteiger partial charge in [0.25, 0.3) is 0 Å². The van der Waals surface area contributed by atoms with Crippen molar-refractivity contribution in [2.75, 3.05) is 16.4 Å². The highest BCUT2D eigenvalue weighted by Crippen LogP contribution is 2.32. The van der Waals surface area contributed by atoms with Gasteiger partial charge in [0, 0.05) is 23.1 Å². The molecule has 0 amide bonds. The summed E-state index contributed by atoms with van der Waals surface area (Å²) >= 11 is 0. The van der Waals surface area contributed by atoms with Crippen LogP contribution in [0.1, 0.15) is 13.8 Å². The number of aliphatic imine (C=N–C) groups is 1. The van der Waals surface area contributed by atoms with Gasteiger partial charge in [0.1, 0.15) is 0 Å². The Kier molecular flexibility index (Phi) is 7.21. The second kappa shape index (κ2) is 9.60. The minimum atomic E-state index is -2.96. The molecule has 0 fully saturated rings. The summed E-state index contributed by atoms with van der Waals surface area (Å²) in [5, 5.41) is 5.77. The summed E-state index contributed by atoms with van der Waals surface area (Å²) in [4.78, 5) is 4.08. The SMILES string of the molecule is CC(C)Oc1cc(NC(N)=NC(N)Nc2ccc(N)cc2)ccc1OC(F)F. The molecule has 0 bridgehead atoms. The number of nitrogens with one attached hydrogen (secondary N) is 2. The molecule has 0 aliphatic carbocycles. The van der Waals surface area contributed by atoms with Gasteiger partial charge in [0.15, 0.2) is 23.7 Å². The number of alkyl halides is 2. The van der Waals surface area contributed by atoms with E-state index in [1.807, 2.05) is 0 Å². The van der Waals surface area contributed by atoms with Gasteiger partial charge in [-0.15, -0.1) is 0 Å². The molecule has 0 spiro atoms. The van der Waals surface area contributed by atoms with Gasteiger partial charge >= 0.3 is 6.61 Å². The van der Waals surface area contributed by atoms with Gasteiger partial charge < -0.3 is 31.6 Å². The summed E-state index contributed by atoms with van der Waals surface area (Å²) < 4.78 is 35.0. The standard InChI is InChI=1S/C18H24F2N6O2/c1-10(2)27-15-9-13(7-8-14(15)28-16(19)20)25-18(23)26-17(22)24-12-5-3-11(21)4-6-12/h3-10,16-17,24H,21-22H2,1-2H3,(H3,23,25,26). The van der Waals surface area contributed by atoms with Crippen LogP contribution < -0.4 is 37.3 Å². The first-order valence-electron chi connectivity index (χ1n) is 8.46. The Labute approximate surface area is 161 Å². The van der Waals surface area contributed by atoms with E-state index in [0.29, 0.717) is 11.4 Å². The van der Waals surface area contributed by atoms with Gasteiger partial charge in [0.2, 0.25) is 0 Å². The molecule has 8 nitrogen and oxygen atoms in total. The zero-order valence-electron chi connectivity index (χ0n) is 15.5. The summed E-state index contributed by atoms with van der Waals surface area (Å²) in [6.45, 7) is 0.575. The fourth-order valence-corrected chi connectivity index (χ4v) is 2.24. The van der Waals surface area contributed by atoms with Gasteiger partial charge in [-0.25, -0.2) is 4.99 Å². The van der Waals surface area contributed by atoms with Crippen molar-refractivity contribution in [3.8, 4) is 11.5 Å². The highest BCUT2D eigenvalue weighted by atomic mass is 19.3. The molecule has 0 aliphatic rings. The minimum Gasteiger partial charge on any atom is -0.487 e. The first-order valence-corrected chi connectivity index (χ1v) is 8.46. The van der Waals surface area contributed by atoms with Crippen LogP contribution in [0.4, 0.5) is 25.8 Å². The number of benzene rings is 2. The van der Waals surface area contributed by atoms with Crippen molar-refractivity contribution < 1.29 is 18.3 Å². The summed E-state index contributed by atoms with van der Waals surface area (Å²) in [6.07, 6.45) is -1.05. The topological polar surface area (TPSA) is 133 Å². The van der Waals surface area contributed by atoms with E-state index >= 15 is 0 Å². The van der Waals surface area contributed by atoms with Gasteiger partial charge in [-0.05, 0) is 50.2 Å². The van der Waals surface area contributed by atoms with Crippen molar-refractivity contribution in [2.45, 2.75) is 32.9 Å². The first-order chi connectivity index (χ1) is 13.2. The normalized spacial score (nSPS) is 12.8. The Hall–Kier alpha value is -3.27. The lowest BCUT2D eigenvalue weighted by Gasteiger charge is -2.17. The number of hydrogen-bond acceptors (Lipinski definition) is 6. The largest absolute Gasteiger partial charge is 0.487 e. The molecular formula is C18H24F2N6O2. The molecule has 0 saturated heterocycles. The number of guanidine groups is 1. The van der Waals surface area contributed by atoms with Crippen LogP contribution in [-0.4, -0.2) is 25.0 Å². The fourth-order valence-electron chi connectivity index (χ4n) is 2.24. The van der Waals surface area contributed by atoms with E-state index in [4.69, 9.17) is 21.9 Å². The highest BCUT2D eigenvalue weighted by Gasteiger charge is 2.13. The quantitative estimate of drug-likeness (QED) is 0.201. The van der Waals surface area contributed by atoms with Crippen LogP contribution in [0.3, 0.4) is 0 Å². The summed E-state index contributed by atoms with van der Waals surface area (Å²) in [7, 11) is 0. The molecule has 2 rings (SSSR count). The molecular weight excluding hydrogens is 370 g/mol. The number of nitrogen functional groups attached to an aromatic ring is 1. The third kappa shape index (κ3) is 6.80. The van der Waals surface area contributed by atoms with Crippen LogP contribution in [0.2, 0.25) is 0 Å². The molecule has 28 heavy (non-hydrogen) atoms. The Morgan fingerprint density at radius 2 is 1.64 bits per heavy atom. The monoisotopic (exact) mass is 394 g/mol. The summed E-state index contributed by atoms with van der Waals surface area (Å²) in [5.41, 5.74) is 19.2. The fraction of sp³-hybridized carbons (Fsp3) is 0.278. The minimum absolute atomic E-state index is 0.0217. The number of halogens is 2. The second-order valence-electron chi connectivity index (χ2n) is 6.06. The average Bonchev–Trinajstić information content (AvgIpc) is 2.58. The van der Waals surface area contributed by atoms with Crippen molar-refractivity contribution in [1.29, 1.82) is 0 Å². The smallest absolute Gasteiger partial charge is 0.387 e. The molecule has 0 radical (unpaired) electrons. The molecule has 0 heterocycles. The number of rotatable bonds is 8. The van der Waals surface area contributed by atoms with Crippen molar-refractivity contribution in [3.05, 3.63) is 42.5 Å². The average molecular weight is 394 g/mol. The second-order valence-corrected chi connectivity index (χ2v) is 6.06. The molecule has 2 aromatic carbocycles. The lowest BCUT2D eigenvalue weighted by atomic mass is 10.2. The van der Waals surface area contributed by atoms with E-state index in [-0.39, 0.29) is 23.6 Å². The third-order valence-corrected chi connectivity index (χ3v) is 3.30.